The van der Waals surface area contributed by atoms with Crippen LogP contribution in [-0.4, -0.2) is 32.1 Å². The Morgan fingerprint density at radius 2 is 1.70 bits per heavy atom. The number of halogens is 3. The van der Waals surface area contributed by atoms with Gasteiger partial charge in [-0.3, -0.25) is 4.79 Å². The van der Waals surface area contributed by atoms with Gasteiger partial charge in [0.05, 0.1) is 12.2 Å². The first-order valence-electron chi connectivity index (χ1n) is 8.80. The molecule has 0 fully saturated rings. The van der Waals surface area contributed by atoms with Crippen LogP contribution in [-0.2, 0) is 6.54 Å². The van der Waals surface area contributed by atoms with E-state index in [4.69, 9.17) is 0 Å². The Balaban J connectivity index is 1.47. The number of fused-ring (bicyclic) bond motifs is 1. The zero-order valence-electron chi connectivity index (χ0n) is 15.3. The van der Waals surface area contributed by atoms with Crippen molar-refractivity contribution < 1.29 is 22.7 Å². The summed E-state index contributed by atoms with van der Waals surface area (Å²) in [6, 6.07) is 17.8. The van der Waals surface area contributed by atoms with Crippen LogP contribution in [0.15, 0.2) is 66.7 Å². The van der Waals surface area contributed by atoms with E-state index in [2.05, 4.69) is 25.3 Å². The van der Waals surface area contributed by atoms with Crippen molar-refractivity contribution in [1.82, 2.24) is 25.1 Å². The largest absolute Gasteiger partial charge is 0.573 e. The van der Waals surface area contributed by atoms with E-state index in [1.807, 2.05) is 36.4 Å². The number of hydrogen-bond donors (Lipinski definition) is 1. The van der Waals surface area contributed by atoms with Crippen LogP contribution in [0.1, 0.15) is 16.2 Å². The molecule has 0 aliphatic heterocycles. The number of nitrogens with one attached hydrogen (secondary N) is 1. The van der Waals surface area contributed by atoms with E-state index in [9.17, 15) is 18.0 Å². The van der Waals surface area contributed by atoms with Crippen molar-refractivity contribution in [2.45, 2.75) is 12.9 Å². The average molecular weight is 413 g/mol. The van der Waals surface area contributed by atoms with Crippen LogP contribution >= 0.6 is 0 Å². The van der Waals surface area contributed by atoms with Crippen molar-refractivity contribution in [3.63, 3.8) is 0 Å². The first-order valence-corrected chi connectivity index (χ1v) is 8.80. The second-order valence-electron chi connectivity index (χ2n) is 6.23. The Kier molecular flexibility index (Phi) is 5.05. The smallest absolute Gasteiger partial charge is 0.406 e. The third-order valence-corrected chi connectivity index (χ3v) is 4.15. The van der Waals surface area contributed by atoms with Gasteiger partial charge in [0.1, 0.15) is 5.75 Å². The Morgan fingerprint density at radius 3 is 2.40 bits per heavy atom. The molecule has 1 amide bonds. The molecule has 30 heavy (non-hydrogen) atoms. The molecule has 0 radical (unpaired) electrons. The maximum atomic E-state index is 12.3. The van der Waals surface area contributed by atoms with Gasteiger partial charge in [0.25, 0.3) is 5.91 Å². The highest BCUT2D eigenvalue weighted by molar-refractivity contribution is 5.94. The fourth-order valence-corrected chi connectivity index (χ4v) is 2.78. The molecule has 0 spiro atoms. The number of aromatic nitrogens is 4. The molecule has 1 N–H and O–H groups in total. The molecule has 4 rings (SSSR count). The van der Waals surface area contributed by atoms with Gasteiger partial charge in [-0.2, -0.15) is 9.61 Å². The first kappa shape index (κ1) is 19.4. The number of ether oxygens (including phenoxy) is 1. The van der Waals surface area contributed by atoms with Crippen molar-refractivity contribution >= 4 is 11.6 Å². The van der Waals surface area contributed by atoms with Crippen LogP contribution in [0.3, 0.4) is 0 Å². The molecule has 10 heteroatoms. The van der Waals surface area contributed by atoms with E-state index in [0.29, 0.717) is 11.5 Å². The van der Waals surface area contributed by atoms with Crippen LogP contribution in [0.5, 0.6) is 5.75 Å². The summed E-state index contributed by atoms with van der Waals surface area (Å²) < 4.78 is 42.0. The molecule has 0 unspecified atom stereocenters. The van der Waals surface area contributed by atoms with Gasteiger partial charge in [-0.05, 0) is 36.4 Å². The molecular weight excluding hydrogens is 399 g/mol. The molecule has 2 heterocycles. The maximum absolute atomic E-state index is 12.3. The van der Waals surface area contributed by atoms with Gasteiger partial charge in [0.2, 0.25) is 0 Å². The second kappa shape index (κ2) is 7.82. The topological polar surface area (TPSA) is 81.4 Å². The van der Waals surface area contributed by atoms with E-state index < -0.39 is 18.0 Å². The number of alkyl halides is 3. The second-order valence-corrected chi connectivity index (χ2v) is 6.23. The Labute approximate surface area is 168 Å². The van der Waals surface area contributed by atoms with Gasteiger partial charge in [0.15, 0.2) is 11.5 Å². The summed E-state index contributed by atoms with van der Waals surface area (Å²) >= 11 is 0. The average Bonchev–Trinajstić information content (AvgIpc) is 3.14. The summed E-state index contributed by atoms with van der Waals surface area (Å²) in [6.07, 6.45) is -4.79. The summed E-state index contributed by atoms with van der Waals surface area (Å²) in [5.74, 6) is -0.474. The van der Waals surface area contributed by atoms with Crippen molar-refractivity contribution in [1.29, 1.82) is 0 Å². The lowest BCUT2D eigenvalue weighted by Crippen LogP contribution is -2.24. The van der Waals surface area contributed by atoms with Crippen molar-refractivity contribution in [3.05, 3.63) is 78.1 Å². The molecule has 0 bridgehead atoms. The fraction of sp³-hybridized carbons (Fsp3) is 0.100. The maximum Gasteiger partial charge on any atom is 0.573 e. The standard InChI is InChI=1S/C20H14F3N5O2/c21-20(22,23)30-15-8-6-14(7-9-15)19(29)24-12-18-26-25-17-11-10-16(27-28(17)18)13-4-2-1-3-5-13/h1-11H,12H2,(H,24,29). The van der Waals surface area contributed by atoms with Gasteiger partial charge >= 0.3 is 6.36 Å². The predicted molar refractivity (Wildman–Crippen MR) is 101 cm³/mol. The molecule has 0 saturated heterocycles. The van der Waals surface area contributed by atoms with Crippen LogP contribution in [0, 0.1) is 0 Å². The van der Waals surface area contributed by atoms with Crippen LogP contribution in [0.4, 0.5) is 13.2 Å². The lowest BCUT2D eigenvalue weighted by atomic mass is 10.1. The summed E-state index contributed by atoms with van der Waals surface area (Å²) in [7, 11) is 0. The summed E-state index contributed by atoms with van der Waals surface area (Å²) in [5, 5.41) is 15.2. The number of carbonyl (C=O) groups excluding carboxylic acids is 1. The molecule has 4 aromatic rings. The Morgan fingerprint density at radius 1 is 0.967 bits per heavy atom. The quantitative estimate of drug-likeness (QED) is 0.541. The van der Waals surface area contributed by atoms with Crippen LogP contribution in [0.2, 0.25) is 0 Å². The van der Waals surface area contributed by atoms with E-state index in [1.54, 1.807) is 6.07 Å². The van der Waals surface area contributed by atoms with Gasteiger partial charge in [-0.25, -0.2) is 0 Å². The highest BCUT2D eigenvalue weighted by atomic mass is 19.4. The van der Waals surface area contributed by atoms with Gasteiger partial charge in [-0.15, -0.1) is 23.4 Å². The highest BCUT2D eigenvalue weighted by Gasteiger charge is 2.31. The van der Waals surface area contributed by atoms with Crippen molar-refractivity contribution in [3.8, 4) is 17.0 Å². The molecule has 0 atom stereocenters. The van der Waals surface area contributed by atoms with Gasteiger partial charge in [0, 0.05) is 11.1 Å². The summed E-state index contributed by atoms with van der Waals surface area (Å²) in [4.78, 5) is 12.3. The van der Waals surface area contributed by atoms with Crippen LogP contribution in [0.25, 0.3) is 16.9 Å². The number of carbonyl (C=O) groups is 1. The summed E-state index contributed by atoms with van der Waals surface area (Å²) in [6.45, 7) is 0.0338. The van der Waals surface area contributed by atoms with Gasteiger partial charge < -0.3 is 10.1 Å². The minimum absolute atomic E-state index is 0.0338. The van der Waals surface area contributed by atoms with E-state index in [0.717, 1.165) is 23.4 Å². The lowest BCUT2D eigenvalue weighted by Gasteiger charge is -2.09. The Bertz CT molecular complexity index is 1170. The SMILES string of the molecule is O=C(NCc1nnc2ccc(-c3ccccc3)nn12)c1ccc(OC(F)(F)F)cc1. The molecule has 7 nitrogen and oxygen atoms in total. The number of hydrogen-bond acceptors (Lipinski definition) is 5. The first-order chi connectivity index (χ1) is 14.4. The number of rotatable bonds is 5. The molecule has 0 saturated carbocycles. The fourth-order valence-electron chi connectivity index (χ4n) is 2.78. The van der Waals surface area contributed by atoms with Crippen molar-refractivity contribution in [2.24, 2.45) is 0 Å². The molecule has 0 aliphatic rings. The minimum Gasteiger partial charge on any atom is -0.406 e. The number of nitrogens with zero attached hydrogens (tertiary/aromatic N) is 4. The predicted octanol–water partition coefficient (Wildman–Crippen LogP) is 3.62. The highest BCUT2D eigenvalue weighted by Crippen LogP contribution is 2.22. The molecule has 0 aliphatic carbocycles. The third-order valence-electron chi connectivity index (χ3n) is 4.15. The van der Waals surface area contributed by atoms with E-state index in [-0.39, 0.29) is 12.1 Å². The van der Waals surface area contributed by atoms with Gasteiger partial charge in [-0.1, -0.05) is 30.3 Å². The normalized spacial score (nSPS) is 11.4. The Hall–Kier alpha value is -3.95. The molecular formula is C20H14F3N5O2. The zero-order valence-corrected chi connectivity index (χ0v) is 15.3. The monoisotopic (exact) mass is 413 g/mol. The zero-order chi connectivity index (χ0) is 21.1. The van der Waals surface area contributed by atoms with E-state index >= 15 is 0 Å². The third kappa shape index (κ3) is 4.37. The van der Waals surface area contributed by atoms with E-state index in [1.165, 1.54) is 16.6 Å². The molecule has 2 aromatic heterocycles. The molecule has 2 aromatic carbocycles. The lowest BCUT2D eigenvalue weighted by molar-refractivity contribution is -0.274. The summed E-state index contributed by atoms with van der Waals surface area (Å²) in [5.41, 5.74) is 2.34. The molecule has 152 valence electrons. The van der Waals surface area contributed by atoms with Crippen molar-refractivity contribution in [2.75, 3.05) is 0 Å². The number of benzene rings is 2. The van der Waals surface area contributed by atoms with Crippen LogP contribution < -0.4 is 10.1 Å². The minimum atomic E-state index is -4.79. The number of amides is 1.